The molecule has 33 heavy (non-hydrogen) atoms. The molecule has 6 heteroatoms. The first-order chi connectivity index (χ1) is 15.5. The van der Waals surface area contributed by atoms with Crippen LogP contribution in [0.25, 0.3) is 0 Å². The van der Waals surface area contributed by atoms with Crippen molar-refractivity contribution in [3.8, 4) is 11.5 Å². The molecule has 4 rings (SSSR count). The van der Waals surface area contributed by atoms with Crippen LogP contribution in [0.4, 0.5) is 0 Å². The Kier molecular flexibility index (Phi) is 10.0. The average Bonchev–Trinajstić information content (AvgIpc) is 2.76. The van der Waals surface area contributed by atoms with E-state index in [0.29, 0.717) is 17.6 Å². The summed E-state index contributed by atoms with van der Waals surface area (Å²) in [6, 6.07) is 0. The van der Waals surface area contributed by atoms with E-state index in [-0.39, 0.29) is 18.3 Å². The Morgan fingerprint density at radius 1 is 0.848 bits per heavy atom. The first kappa shape index (κ1) is 27.9. The maximum Gasteiger partial charge on any atom is 0.229 e. The lowest BCUT2D eigenvalue weighted by Crippen LogP contribution is -2.54. The van der Waals surface area contributed by atoms with Crippen LogP contribution in [-0.4, -0.2) is 51.6 Å². The number of aliphatic hydroxyl groups excluding tert-OH is 3. The number of hydrogen-bond donors (Lipinski definition) is 4. The van der Waals surface area contributed by atoms with E-state index in [9.17, 15) is 20.4 Å². The van der Waals surface area contributed by atoms with Gasteiger partial charge >= 0.3 is 0 Å². The van der Waals surface area contributed by atoms with Crippen molar-refractivity contribution < 1.29 is 29.9 Å². The van der Waals surface area contributed by atoms with Gasteiger partial charge in [0.2, 0.25) is 6.29 Å². The number of ether oxygens (including phenoxy) is 2. The first-order valence-corrected chi connectivity index (χ1v) is 12.8. The molecule has 1 saturated heterocycles. The summed E-state index contributed by atoms with van der Waals surface area (Å²) in [6.07, 6.45) is -0.555. The first-order valence-electron chi connectivity index (χ1n) is 12.8. The van der Waals surface area contributed by atoms with Crippen molar-refractivity contribution in [1.29, 1.82) is 0 Å². The summed E-state index contributed by atoms with van der Waals surface area (Å²) in [5.41, 5.74) is 4.41. The van der Waals surface area contributed by atoms with E-state index in [1.54, 1.807) is 0 Å². The third-order valence-electron chi connectivity index (χ3n) is 6.77. The molecule has 0 saturated carbocycles. The summed E-state index contributed by atoms with van der Waals surface area (Å²) in [5, 5.41) is 40.9. The molecule has 1 heterocycles. The summed E-state index contributed by atoms with van der Waals surface area (Å²) in [5.74, 6) is 2.42. The molecule has 7 atom stereocenters. The molecule has 0 bridgehead atoms. The summed E-state index contributed by atoms with van der Waals surface area (Å²) in [4.78, 5) is 0. The fourth-order valence-corrected chi connectivity index (χ4v) is 5.24. The molecule has 3 aliphatic rings. The number of benzene rings is 1. The van der Waals surface area contributed by atoms with Gasteiger partial charge in [0.05, 0.1) is 6.61 Å². The summed E-state index contributed by atoms with van der Waals surface area (Å²) >= 11 is 0. The number of aliphatic hydroxyl groups is 3. The lowest BCUT2D eigenvalue weighted by molar-refractivity contribution is -0.242. The van der Waals surface area contributed by atoms with Gasteiger partial charge in [-0.05, 0) is 73.0 Å². The third-order valence-corrected chi connectivity index (χ3v) is 6.77. The molecule has 0 aromatic heterocycles. The molecule has 0 spiro atoms. The molecule has 1 fully saturated rings. The van der Waals surface area contributed by atoms with Crippen molar-refractivity contribution in [3.05, 3.63) is 22.3 Å². The van der Waals surface area contributed by atoms with Crippen LogP contribution in [0, 0.1) is 12.8 Å². The third kappa shape index (κ3) is 5.84. The molecule has 4 N–H and O–H groups in total. The Morgan fingerprint density at radius 2 is 1.36 bits per heavy atom. The minimum absolute atomic E-state index is 0.130. The molecular weight excluding hydrogens is 420 g/mol. The van der Waals surface area contributed by atoms with Crippen LogP contribution in [0.2, 0.25) is 0 Å². The summed E-state index contributed by atoms with van der Waals surface area (Å²) in [7, 11) is 0. The Bertz CT molecular complexity index is 733. The van der Waals surface area contributed by atoms with Crippen LogP contribution in [-0.2, 0) is 4.74 Å². The zero-order chi connectivity index (χ0) is 25.0. The van der Waals surface area contributed by atoms with Crippen molar-refractivity contribution in [1.82, 2.24) is 0 Å². The standard InChI is InChI=1S/C21H30O6.C4H10.C2H6/c1-9-4-6-12-7-5-10(2)15-16(12)14(9)11(3)20(18(15)24)27-21-19(25)17(23)13(22)8-26-21;1-4(2)3;1-2/h9-10,12-13,17,19,21-25H,4-8H2,1-3H3;4H,1-3H3;1-2H3/t9?,10-,12-,13?,17?,19?,21?;;/m0../s1. The smallest absolute Gasteiger partial charge is 0.229 e. The van der Waals surface area contributed by atoms with Crippen LogP contribution in [0.5, 0.6) is 11.5 Å². The molecule has 6 nitrogen and oxygen atoms in total. The van der Waals surface area contributed by atoms with Gasteiger partial charge < -0.3 is 29.9 Å². The fourth-order valence-electron chi connectivity index (χ4n) is 5.24. The number of phenolic OH excluding ortho intramolecular Hbond substituents is 1. The number of hydrogen-bond acceptors (Lipinski definition) is 6. The Morgan fingerprint density at radius 3 is 1.91 bits per heavy atom. The van der Waals surface area contributed by atoms with Gasteiger partial charge in [0.1, 0.15) is 18.3 Å². The lowest BCUT2D eigenvalue weighted by atomic mass is 9.66. The van der Waals surface area contributed by atoms with Crippen molar-refractivity contribution in [2.75, 3.05) is 6.61 Å². The van der Waals surface area contributed by atoms with Gasteiger partial charge in [-0.3, -0.25) is 0 Å². The zero-order valence-electron chi connectivity index (χ0n) is 21.8. The summed E-state index contributed by atoms with van der Waals surface area (Å²) < 4.78 is 11.3. The largest absolute Gasteiger partial charge is 0.504 e. The van der Waals surface area contributed by atoms with Gasteiger partial charge in [0.25, 0.3) is 0 Å². The van der Waals surface area contributed by atoms with E-state index in [4.69, 9.17) is 9.47 Å². The molecule has 1 aromatic carbocycles. The second-order valence-electron chi connectivity index (χ2n) is 10.3. The monoisotopic (exact) mass is 466 g/mol. The molecular formula is C27H46O6. The van der Waals surface area contributed by atoms with E-state index in [1.807, 2.05) is 20.8 Å². The molecule has 1 aromatic rings. The highest BCUT2D eigenvalue weighted by Gasteiger charge is 2.42. The highest BCUT2D eigenvalue weighted by molar-refractivity contribution is 5.63. The van der Waals surface area contributed by atoms with Crippen molar-refractivity contribution >= 4 is 0 Å². The molecule has 1 aliphatic heterocycles. The zero-order valence-corrected chi connectivity index (χ0v) is 21.8. The number of aromatic hydroxyl groups is 1. The van der Waals surface area contributed by atoms with Gasteiger partial charge in [-0.15, -0.1) is 0 Å². The molecule has 2 aliphatic carbocycles. The maximum absolute atomic E-state index is 11.1. The van der Waals surface area contributed by atoms with Crippen molar-refractivity contribution in [2.24, 2.45) is 5.92 Å². The predicted molar refractivity (Wildman–Crippen MR) is 131 cm³/mol. The topological polar surface area (TPSA) is 99.4 Å². The van der Waals surface area contributed by atoms with Gasteiger partial charge in [0.15, 0.2) is 11.5 Å². The SMILES string of the molecule is CC.CC(C)C.Cc1c(OC2OCC(O)C(O)C2O)c(O)c2c3c1C(C)CC[C@H]3CC[C@@H]2C. The minimum atomic E-state index is -1.39. The highest BCUT2D eigenvalue weighted by Crippen LogP contribution is 2.56. The number of rotatable bonds is 2. The van der Waals surface area contributed by atoms with Gasteiger partial charge in [-0.1, -0.05) is 48.5 Å². The molecule has 0 radical (unpaired) electrons. The number of phenols is 1. The Balaban J connectivity index is 0.000000582. The van der Waals surface area contributed by atoms with Crippen LogP contribution >= 0.6 is 0 Å². The molecule has 5 unspecified atom stereocenters. The Labute approximate surface area is 199 Å². The van der Waals surface area contributed by atoms with Crippen LogP contribution in [0.3, 0.4) is 0 Å². The molecule has 190 valence electrons. The van der Waals surface area contributed by atoms with Crippen LogP contribution in [0.15, 0.2) is 0 Å². The predicted octanol–water partition coefficient (Wildman–Crippen LogP) is 5.09. The van der Waals surface area contributed by atoms with Crippen LogP contribution in [0.1, 0.15) is 114 Å². The van der Waals surface area contributed by atoms with Gasteiger partial charge in [-0.25, -0.2) is 0 Å². The van der Waals surface area contributed by atoms with Gasteiger partial charge in [-0.2, -0.15) is 0 Å². The minimum Gasteiger partial charge on any atom is -0.504 e. The van der Waals surface area contributed by atoms with E-state index < -0.39 is 24.6 Å². The van der Waals surface area contributed by atoms with Gasteiger partial charge in [0, 0.05) is 5.56 Å². The molecule has 0 amide bonds. The fraction of sp³-hybridized carbons (Fsp3) is 0.778. The summed E-state index contributed by atoms with van der Waals surface area (Å²) in [6.45, 7) is 16.7. The Hall–Kier alpha value is -1.34. The quantitative estimate of drug-likeness (QED) is 0.485. The maximum atomic E-state index is 11.1. The van der Waals surface area contributed by atoms with Crippen molar-refractivity contribution in [2.45, 2.75) is 123 Å². The lowest BCUT2D eigenvalue weighted by Gasteiger charge is -2.41. The van der Waals surface area contributed by atoms with E-state index in [1.165, 1.54) is 11.1 Å². The normalized spacial score (nSPS) is 32.7. The van der Waals surface area contributed by atoms with E-state index in [2.05, 4.69) is 34.6 Å². The van der Waals surface area contributed by atoms with E-state index >= 15 is 0 Å². The van der Waals surface area contributed by atoms with E-state index in [0.717, 1.165) is 42.7 Å². The second-order valence-corrected chi connectivity index (χ2v) is 10.3. The van der Waals surface area contributed by atoms with Crippen LogP contribution < -0.4 is 4.74 Å². The second kappa shape index (κ2) is 11.9. The highest BCUT2D eigenvalue weighted by atomic mass is 16.7. The van der Waals surface area contributed by atoms with Crippen molar-refractivity contribution in [3.63, 3.8) is 0 Å². The average molecular weight is 467 g/mol.